The van der Waals surface area contributed by atoms with Crippen molar-refractivity contribution in [2.45, 2.75) is 129 Å². The monoisotopic (exact) mass is 932 g/mol. The number of carbonyl (C=O) groups is 3. The number of ether oxygens (including phenoxy) is 1. The molecule has 66 heavy (non-hydrogen) atoms. The first-order valence-corrected chi connectivity index (χ1v) is 24.7. The average molecular weight is 932 g/mol. The summed E-state index contributed by atoms with van der Waals surface area (Å²) in [6, 6.07) is -1.63. The predicted octanol–water partition coefficient (Wildman–Crippen LogP) is 12.7. The highest BCUT2D eigenvalue weighted by Gasteiger charge is 2.28. The largest absolute Gasteiger partial charge is 0.480 e. The summed E-state index contributed by atoms with van der Waals surface area (Å²) in [7, 11) is -4.82. The molecule has 0 saturated heterocycles. The van der Waals surface area contributed by atoms with Gasteiger partial charge in [0.05, 0.1) is 19.6 Å². The normalized spacial score (nSPS) is 15.1. The Hall–Kier alpha value is -5.16. The number of carboxylic acid groups (broad SMARTS) is 1. The van der Waals surface area contributed by atoms with E-state index in [0.717, 1.165) is 77.0 Å². The van der Waals surface area contributed by atoms with Crippen LogP contribution in [0.15, 0.2) is 170 Å². The van der Waals surface area contributed by atoms with Crippen LogP contribution >= 0.6 is 7.82 Å². The third-order valence-electron chi connectivity index (χ3n) is 8.56. The molecule has 0 fully saturated rings. The Morgan fingerprint density at radius 1 is 0.455 bits per heavy atom. The average Bonchev–Trinajstić information content (AvgIpc) is 3.29. The Balaban J connectivity index is 4.16. The second-order valence-corrected chi connectivity index (χ2v) is 16.0. The molecule has 0 saturated carbocycles. The highest BCUT2D eigenvalue weighted by Crippen LogP contribution is 2.43. The summed E-state index contributed by atoms with van der Waals surface area (Å²) in [6.45, 7) is 2.16. The molecule has 0 aromatic carbocycles. The molecule has 0 aliphatic heterocycles. The van der Waals surface area contributed by atoms with Crippen LogP contribution in [-0.4, -0.2) is 64.9 Å². The molecule has 0 aliphatic carbocycles. The Bertz CT molecular complexity index is 1760. The van der Waals surface area contributed by atoms with Crippen molar-refractivity contribution in [1.82, 2.24) is 5.32 Å². The zero-order valence-electron chi connectivity index (χ0n) is 39.4. The van der Waals surface area contributed by atoms with Crippen LogP contribution in [0.2, 0.25) is 0 Å². The summed E-state index contributed by atoms with van der Waals surface area (Å²) in [5.74, 6) is -2.72. The minimum Gasteiger partial charge on any atom is -0.480 e. The molecule has 4 N–H and O–H groups in total. The molecule has 0 bridgehead atoms. The Labute approximate surface area is 396 Å². The van der Waals surface area contributed by atoms with E-state index in [1.54, 1.807) is 18.2 Å². The topological polar surface area (TPSA) is 169 Å². The molecule has 11 nitrogen and oxygen atoms in total. The molecule has 0 heterocycles. The molecular weight excluding hydrogens is 854 g/mol. The van der Waals surface area contributed by atoms with Crippen LogP contribution in [0, 0.1) is 0 Å². The molecule has 3 atom stereocenters. The number of hydrogen-bond acceptors (Lipinski definition) is 8. The maximum atomic E-state index is 12.3. The first kappa shape index (κ1) is 60.8. The standard InChI is InChI=1S/C54H78NO10P/c1-3-5-7-9-11-13-15-17-19-21-23-25-27-29-31-33-35-37-39-41-43-45-52(57)55-51(54(59)60)49-65-66(61,62)64-48-50(56)47-63-53(58)46-44-42-40-38-36-34-32-30-28-26-24-22-20-18-16-14-12-10-8-6-4-2/h5-8,11-14,17-20,23-26,29-32,35-38,41-44,50-51,56H,3-4,9-10,15-16,21-22,27-28,33-34,39-40,45-49H2,1-2H3,(H,55,57)(H,59,60)(H,61,62)/b7-5-,8-6-,13-11-,14-12-,19-17-,20-18-,25-23-,26-24-,31-29-,32-30-,37-35-,38-36-,43-41-,44-42-. The Morgan fingerprint density at radius 3 is 1.06 bits per heavy atom. The van der Waals surface area contributed by atoms with Gasteiger partial charge in [-0.1, -0.05) is 184 Å². The SMILES string of the molecule is CC/C=C\C/C=C\C/C=C\C/C=C\C/C=C\C/C=C\C/C=C\CC(=O)NC(COP(=O)(O)OCC(O)COC(=O)C/C=C\C/C=C\C/C=C\C/C=C\C/C=C\C/C=C\C/C=C\CC)C(=O)O. The van der Waals surface area contributed by atoms with Gasteiger partial charge in [-0.3, -0.25) is 18.6 Å². The van der Waals surface area contributed by atoms with E-state index in [1.165, 1.54) is 0 Å². The fourth-order valence-electron chi connectivity index (χ4n) is 5.07. The summed E-state index contributed by atoms with van der Waals surface area (Å²) >= 11 is 0. The molecule has 0 rings (SSSR count). The second kappa shape index (κ2) is 46.4. The molecule has 12 heteroatoms. The number of hydrogen-bond donors (Lipinski definition) is 4. The van der Waals surface area contributed by atoms with Crippen LogP contribution in [0.5, 0.6) is 0 Å². The lowest BCUT2D eigenvalue weighted by molar-refractivity contribution is -0.146. The maximum absolute atomic E-state index is 12.3. The summed E-state index contributed by atoms with van der Waals surface area (Å²) < 4.78 is 26.7. The van der Waals surface area contributed by atoms with Crippen molar-refractivity contribution in [3.63, 3.8) is 0 Å². The number of aliphatic hydroxyl groups is 1. The zero-order valence-corrected chi connectivity index (χ0v) is 40.3. The minimum atomic E-state index is -4.82. The molecule has 0 radical (unpaired) electrons. The lowest BCUT2D eigenvalue weighted by Gasteiger charge is -2.18. The first-order chi connectivity index (χ1) is 32.1. The van der Waals surface area contributed by atoms with Gasteiger partial charge in [-0.25, -0.2) is 9.36 Å². The van der Waals surface area contributed by atoms with Crippen LogP contribution in [-0.2, 0) is 32.7 Å². The van der Waals surface area contributed by atoms with Crippen LogP contribution in [0.25, 0.3) is 0 Å². The summed E-state index contributed by atoms with van der Waals surface area (Å²) in [5, 5.41) is 21.7. The fourth-order valence-corrected chi connectivity index (χ4v) is 5.84. The molecular formula is C54H78NO10P. The zero-order chi connectivity index (χ0) is 48.4. The second-order valence-electron chi connectivity index (χ2n) is 14.5. The highest BCUT2D eigenvalue weighted by atomic mass is 31.2. The number of phosphoric ester groups is 1. The van der Waals surface area contributed by atoms with Gasteiger partial charge in [-0.15, -0.1) is 0 Å². The van der Waals surface area contributed by atoms with E-state index in [0.29, 0.717) is 12.8 Å². The maximum Gasteiger partial charge on any atom is 0.472 e. The number of amides is 1. The van der Waals surface area contributed by atoms with Gasteiger partial charge in [0.25, 0.3) is 0 Å². The van der Waals surface area contributed by atoms with E-state index in [4.69, 9.17) is 13.8 Å². The molecule has 0 aromatic heterocycles. The Morgan fingerprint density at radius 2 is 0.742 bits per heavy atom. The van der Waals surface area contributed by atoms with Crippen molar-refractivity contribution in [2.75, 3.05) is 19.8 Å². The van der Waals surface area contributed by atoms with E-state index in [2.05, 4.69) is 141 Å². The summed E-state index contributed by atoms with van der Waals surface area (Å²) in [5.41, 5.74) is 0. The van der Waals surface area contributed by atoms with E-state index in [1.807, 2.05) is 30.4 Å². The lowest BCUT2D eigenvalue weighted by atomic mass is 10.2. The van der Waals surface area contributed by atoms with Crippen molar-refractivity contribution in [1.29, 1.82) is 0 Å². The summed E-state index contributed by atoms with van der Waals surface area (Å²) in [4.78, 5) is 45.9. The van der Waals surface area contributed by atoms with Gasteiger partial charge < -0.3 is 25.2 Å². The number of carbonyl (C=O) groups excluding carboxylic acids is 2. The van der Waals surface area contributed by atoms with Gasteiger partial charge in [-0.2, -0.15) is 0 Å². The molecule has 3 unspecified atom stereocenters. The first-order valence-electron chi connectivity index (χ1n) is 23.2. The fraction of sp³-hybridized carbons (Fsp3) is 0.426. The number of aliphatic hydroxyl groups excluding tert-OH is 1. The van der Waals surface area contributed by atoms with Crippen LogP contribution in [0.4, 0.5) is 0 Å². The van der Waals surface area contributed by atoms with E-state index < -0.39 is 57.6 Å². The number of phosphoric acid groups is 1. The molecule has 0 aliphatic rings. The van der Waals surface area contributed by atoms with Crippen molar-refractivity contribution in [3.05, 3.63) is 170 Å². The summed E-state index contributed by atoms with van der Waals surface area (Å²) in [6.07, 6.45) is 68.6. The van der Waals surface area contributed by atoms with Crippen LogP contribution < -0.4 is 5.32 Å². The van der Waals surface area contributed by atoms with Gasteiger partial charge >= 0.3 is 19.8 Å². The van der Waals surface area contributed by atoms with Crippen molar-refractivity contribution in [3.8, 4) is 0 Å². The smallest absolute Gasteiger partial charge is 0.472 e. The van der Waals surface area contributed by atoms with Crippen molar-refractivity contribution in [2.24, 2.45) is 0 Å². The van der Waals surface area contributed by atoms with Crippen molar-refractivity contribution >= 4 is 25.7 Å². The lowest BCUT2D eigenvalue weighted by Crippen LogP contribution is -2.43. The third kappa shape index (κ3) is 45.4. The highest BCUT2D eigenvalue weighted by molar-refractivity contribution is 7.47. The van der Waals surface area contributed by atoms with E-state index >= 15 is 0 Å². The molecule has 0 spiro atoms. The quantitative estimate of drug-likeness (QED) is 0.0264. The predicted molar refractivity (Wildman–Crippen MR) is 271 cm³/mol. The molecule has 364 valence electrons. The molecule has 1 amide bonds. The van der Waals surface area contributed by atoms with Gasteiger partial charge in [0.2, 0.25) is 5.91 Å². The van der Waals surface area contributed by atoms with E-state index in [-0.39, 0.29) is 12.8 Å². The van der Waals surface area contributed by atoms with Crippen molar-refractivity contribution < 1.29 is 47.8 Å². The van der Waals surface area contributed by atoms with Gasteiger partial charge in [0, 0.05) is 6.42 Å². The van der Waals surface area contributed by atoms with Gasteiger partial charge in [-0.05, 0) is 89.9 Å². The van der Waals surface area contributed by atoms with Gasteiger partial charge in [0.15, 0.2) is 6.04 Å². The molecule has 0 aromatic rings. The van der Waals surface area contributed by atoms with Gasteiger partial charge in [0.1, 0.15) is 12.7 Å². The number of allylic oxidation sites excluding steroid dienone is 26. The number of nitrogens with one attached hydrogen (secondary N) is 1. The Kier molecular flexibility index (Phi) is 42.7. The number of carboxylic acids is 1. The third-order valence-corrected chi connectivity index (χ3v) is 9.51. The number of aliphatic carboxylic acids is 1. The number of esters is 1. The minimum absolute atomic E-state index is 0.0284. The van der Waals surface area contributed by atoms with Crippen LogP contribution in [0.1, 0.15) is 117 Å². The van der Waals surface area contributed by atoms with Crippen LogP contribution in [0.3, 0.4) is 0 Å². The number of rotatable bonds is 40. The van der Waals surface area contributed by atoms with E-state index in [9.17, 15) is 34.1 Å².